The second-order valence-electron chi connectivity index (χ2n) is 10.2. The molecule has 7 heteroatoms. The lowest BCUT2D eigenvalue weighted by atomic mass is 9.69. The third kappa shape index (κ3) is 4.43. The van der Waals surface area contributed by atoms with Crippen LogP contribution in [0.15, 0.2) is 53.7 Å². The van der Waals surface area contributed by atoms with Gasteiger partial charge in [0, 0.05) is 44.5 Å². The molecular weight excluding hydrogens is 414 g/mol. The average Bonchev–Trinajstić information content (AvgIpc) is 3.30. The number of likely N-dealkylation sites (tertiary alicyclic amines) is 2. The van der Waals surface area contributed by atoms with Gasteiger partial charge in [-0.3, -0.25) is 9.36 Å². The zero-order valence-electron chi connectivity index (χ0n) is 19.3. The van der Waals surface area contributed by atoms with Gasteiger partial charge in [0.05, 0.1) is 12.4 Å². The lowest BCUT2D eigenvalue weighted by Gasteiger charge is -2.49. The molecule has 33 heavy (non-hydrogen) atoms. The number of nitrogens with two attached hydrogens (primary N) is 1. The first-order chi connectivity index (χ1) is 16.1. The van der Waals surface area contributed by atoms with E-state index in [4.69, 9.17) is 5.73 Å². The van der Waals surface area contributed by atoms with Gasteiger partial charge in [0.25, 0.3) is 5.56 Å². The number of amides is 2. The maximum Gasteiger partial charge on any atom is 0.320 e. The van der Waals surface area contributed by atoms with E-state index in [-0.39, 0.29) is 29.1 Å². The number of urea groups is 1. The SMILES string of the molecule is N[C@@H]1CCN(C(=O)N2CCC(Cn3cnccc3=O)C3(CCCC3)C2)[C@H](c2ccccc2)C1. The molecule has 1 aromatic carbocycles. The fourth-order valence-electron chi connectivity index (χ4n) is 6.45. The summed E-state index contributed by atoms with van der Waals surface area (Å²) in [5, 5.41) is 0. The summed E-state index contributed by atoms with van der Waals surface area (Å²) in [6, 6.07) is 12.2. The second kappa shape index (κ2) is 9.29. The molecule has 1 aliphatic carbocycles. The predicted molar refractivity (Wildman–Crippen MR) is 128 cm³/mol. The van der Waals surface area contributed by atoms with Gasteiger partial charge in [-0.05, 0) is 49.0 Å². The highest BCUT2D eigenvalue weighted by Gasteiger charge is 2.47. The van der Waals surface area contributed by atoms with E-state index in [0.717, 1.165) is 45.2 Å². The Balaban J connectivity index is 1.35. The quantitative estimate of drug-likeness (QED) is 0.778. The maximum atomic E-state index is 13.8. The molecule has 1 aromatic heterocycles. The molecule has 2 N–H and O–H groups in total. The van der Waals surface area contributed by atoms with Crippen molar-refractivity contribution in [1.82, 2.24) is 19.4 Å². The van der Waals surface area contributed by atoms with Crippen molar-refractivity contribution in [3.63, 3.8) is 0 Å². The maximum absolute atomic E-state index is 13.8. The normalized spacial score (nSPS) is 27.1. The van der Waals surface area contributed by atoms with Gasteiger partial charge in [0.1, 0.15) is 0 Å². The minimum atomic E-state index is 0.00649. The van der Waals surface area contributed by atoms with Crippen LogP contribution < -0.4 is 11.3 Å². The first-order valence-electron chi connectivity index (χ1n) is 12.4. The van der Waals surface area contributed by atoms with Crippen LogP contribution in [0.1, 0.15) is 56.6 Å². The lowest BCUT2D eigenvalue weighted by molar-refractivity contribution is 0.0214. The van der Waals surface area contributed by atoms with Crippen molar-refractivity contribution in [3.8, 4) is 0 Å². The molecule has 2 saturated heterocycles. The third-order valence-electron chi connectivity index (χ3n) is 8.27. The van der Waals surface area contributed by atoms with E-state index in [1.54, 1.807) is 17.1 Å². The summed E-state index contributed by atoms with van der Waals surface area (Å²) in [5.41, 5.74) is 7.59. The van der Waals surface area contributed by atoms with Crippen LogP contribution in [0.25, 0.3) is 0 Å². The highest BCUT2D eigenvalue weighted by molar-refractivity contribution is 5.75. The van der Waals surface area contributed by atoms with Gasteiger partial charge >= 0.3 is 6.03 Å². The Bertz CT molecular complexity index is 1020. The van der Waals surface area contributed by atoms with E-state index >= 15 is 0 Å². The van der Waals surface area contributed by atoms with Crippen molar-refractivity contribution in [1.29, 1.82) is 0 Å². The number of carbonyl (C=O) groups excluding carboxylic acids is 1. The topological polar surface area (TPSA) is 84.5 Å². The number of aromatic nitrogens is 2. The lowest BCUT2D eigenvalue weighted by Crippen LogP contribution is -2.56. The van der Waals surface area contributed by atoms with Gasteiger partial charge in [-0.15, -0.1) is 0 Å². The predicted octanol–water partition coefficient (Wildman–Crippen LogP) is 3.41. The molecule has 176 valence electrons. The number of hydrogen-bond acceptors (Lipinski definition) is 4. The van der Waals surface area contributed by atoms with Crippen LogP contribution in [0.4, 0.5) is 4.79 Å². The van der Waals surface area contributed by atoms with E-state index in [9.17, 15) is 9.59 Å². The van der Waals surface area contributed by atoms with Crippen LogP contribution >= 0.6 is 0 Å². The van der Waals surface area contributed by atoms with E-state index < -0.39 is 0 Å². The van der Waals surface area contributed by atoms with Gasteiger partial charge < -0.3 is 15.5 Å². The number of hydrogen-bond donors (Lipinski definition) is 1. The second-order valence-corrected chi connectivity index (χ2v) is 10.2. The number of benzene rings is 1. The van der Waals surface area contributed by atoms with Crippen LogP contribution in [-0.4, -0.2) is 51.1 Å². The molecule has 2 aliphatic heterocycles. The molecule has 3 fully saturated rings. The molecule has 1 saturated carbocycles. The number of piperidine rings is 2. The molecule has 5 rings (SSSR count). The summed E-state index contributed by atoms with van der Waals surface area (Å²) in [6.45, 7) is 2.93. The van der Waals surface area contributed by atoms with E-state index in [1.165, 1.54) is 24.5 Å². The molecule has 3 heterocycles. The average molecular weight is 450 g/mol. The van der Waals surface area contributed by atoms with Gasteiger partial charge in [-0.25, -0.2) is 9.78 Å². The van der Waals surface area contributed by atoms with E-state index in [1.807, 2.05) is 18.2 Å². The highest BCUT2D eigenvalue weighted by Crippen LogP contribution is 2.49. The van der Waals surface area contributed by atoms with Crippen molar-refractivity contribution in [2.24, 2.45) is 17.1 Å². The van der Waals surface area contributed by atoms with Gasteiger partial charge in [-0.2, -0.15) is 0 Å². The first kappa shape index (κ1) is 22.1. The Hall–Kier alpha value is -2.67. The Labute approximate surface area is 195 Å². The van der Waals surface area contributed by atoms with Crippen molar-refractivity contribution in [2.45, 2.75) is 63.6 Å². The van der Waals surface area contributed by atoms with Crippen molar-refractivity contribution >= 4 is 6.03 Å². The van der Waals surface area contributed by atoms with Crippen molar-refractivity contribution < 1.29 is 4.79 Å². The van der Waals surface area contributed by atoms with Crippen LogP contribution in [0.3, 0.4) is 0 Å². The number of nitrogens with zero attached hydrogens (tertiary/aromatic N) is 4. The molecular formula is C26H35N5O2. The Morgan fingerprint density at radius 1 is 1.09 bits per heavy atom. The van der Waals surface area contributed by atoms with Crippen LogP contribution in [-0.2, 0) is 6.54 Å². The number of rotatable bonds is 3. The van der Waals surface area contributed by atoms with Crippen molar-refractivity contribution in [2.75, 3.05) is 19.6 Å². The molecule has 7 nitrogen and oxygen atoms in total. The van der Waals surface area contributed by atoms with Gasteiger partial charge in [0.15, 0.2) is 0 Å². The van der Waals surface area contributed by atoms with E-state index in [2.05, 4.69) is 26.9 Å². The highest BCUT2D eigenvalue weighted by atomic mass is 16.2. The van der Waals surface area contributed by atoms with Gasteiger partial charge in [-0.1, -0.05) is 43.2 Å². The summed E-state index contributed by atoms with van der Waals surface area (Å²) in [5.74, 6) is 0.394. The van der Waals surface area contributed by atoms with E-state index in [0.29, 0.717) is 19.0 Å². The smallest absolute Gasteiger partial charge is 0.320 e. The van der Waals surface area contributed by atoms with Crippen LogP contribution in [0.2, 0.25) is 0 Å². The largest absolute Gasteiger partial charge is 0.328 e. The molecule has 3 atom stereocenters. The third-order valence-corrected chi connectivity index (χ3v) is 8.27. The van der Waals surface area contributed by atoms with Gasteiger partial charge in [0.2, 0.25) is 0 Å². The minimum Gasteiger partial charge on any atom is -0.328 e. The Morgan fingerprint density at radius 2 is 1.88 bits per heavy atom. The fraction of sp³-hybridized carbons (Fsp3) is 0.577. The van der Waals surface area contributed by atoms with Crippen molar-refractivity contribution in [3.05, 3.63) is 64.8 Å². The summed E-state index contributed by atoms with van der Waals surface area (Å²) >= 11 is 0. The number of carbonyl (C=O) groups is 1. The van der Waals surface area contributed by atoms with Crippen LogP contribution in [0, 0.1) is 11.3 Å². The molecule has 1 spiro atoms. The molecule has 2 aromatic rings. The summed E-state index contributed by atoms with van der Waals surface area (Å²) < 4.78 is 1.75. The molecule has 0 radical (unpaired) electrons. The Morgan fingerprint density at radius 3 is 2.64 bits per heavy atom. The van der Waals surface area contributed by atoms with Crippen LogP contribution in [0.5, 0.6) is 0 Å². The monoisotopic (exact) mass is 449 g/mol. The Kier molecular flexibility index (Phi) is 6.23. The molecule has 2 amide bonds. The fourth-order valence-corrected chi connectivity index (χ4v) is 6.45. The zero-order chi connectivity index (χ0) is 22.8. The summed E-state index contributed by atoms with van der Waals surface area (Å²) in [6.07, 6.45) is 10.5. The standard InChI is InChI=1S/C26H35N5O2/c27-22-10-15-31(23(16-22)20-6-2-1-3-7-20)25(33)29-14-9-21(26(18-29)11-4-5-12-26)17-30-19-28-13-8-24(30)32/h1-3,6-8,13,19,21-23H,4-5,9-12,14-18,27H2/t21?,22-,23+/m1/s1. The summed E-state index contributed by atoms with van der Waals surface area (Å²) in [4.78, 5) is 34.5. The first-order valence-corrected chi connectivity index (χ1v) is 12.4. The zero-order valence-corrected chi connectivity index (χ0v) is 19.3. The summed E-state index contributed by atoms with van der Waals surface area (Å²) in [7, 11) is 0. The molecule has 3 aliphatic rings. The molecule has 1 unspecified atom stereocenters. The minimum absolute atomic E-state index is 0.00649. The molecule has 0 bridgehead atoms.